The topological polar surface area (TPSA) is 15.3 Å². The van der Waals surface area contributed by atoms with Gasteiger partial charge in [0.2, 0.25) is 0 Å². The summed E-state index contributed by atoms with van der Waals surface area (Å²) in [4.78, 5) is 0. The summed E-state index contributed by atoms with van der Waals surface area (Å²) in [5, 5.41) is 3.35. The normalized spacial score (nSPS) is 14.9. The Hall–Kier alpha value is 0.452. The first-order chi connectivity index (χ1) is 5.91. The molecule has 0 saturated carbocycles. The molecule has 0 radical (unpaired) electrons. The van der Waals surface area contributed by atoms with Crippen molar-refractivity contribution in [3.8, 4) is 0 Å². The molecule has 0 bridgehead atoms. The van der Waals surface area contributed by atoms with Crippen LogP contribution in [0.25, 0.3) is 0 Å². The van der Waals surface area contributed by atoms with Crippen LogP contribution >= 0.6 is 0 Å². The summed E-state index contributed by atoms with van der Waals surface area (Å²) >= 11 is 1.16. The molecule has 0 spiro atoms. The van der Waals surface area contributed by atoms with E-state index in [0.717, 1.165) is 16.5 Å². The predicted molar refractivity (Wildman–Crippen MR) is 62.8 cm³/mol. The van der Waals surface area contributed by atoms with Crippen molar-refractivity contribution in [1.29, 1.82) is 0 Å². The molecule has 1 atom stereocenters. The van der Waals surface area contributed by atoms with Gasteiger partial charge in [-0.15, -0.1) is 0 Å². The molecule has 0 aromatic carbocycles. The van der Waals surface area contributed by atoms with Crippen molar-refractivity contribution in [2.45, 2.75) is 52.1 Å². The fourth-order valence-electron chi connectivity index (χ4n) is 1.24. The Bertz CT molecular complexity index is 127. The van der Waals surface area contributed by atoms with Crippen molar-refractivity contribution in [3.63, 3.8) is 0 Å². The van der Waals surface area contributed by atoms with Crippen LogP contribution < -0.4 is 5.32 Å². The van der Waals surface area contributed by atoms with E-state index in [1.165, 1.54) is 19.4 Å². The van der Waals surface area contributed by atoms with Crippen LogP contribution in [0.5, 0.6) is 0 Å². The molecule has 0 aliphatic carbocycles. The molecule has 1 unspecified atom stereocenters. The van der Waals surface area contributed by atoms with Crippen LogP contribution in [0.15, 0.2) is 0 Å². The number of rotatable bonds is 5. The van der Waals surface area contributed by atoms with E-state index in [2.05, 4.69) is 43.9 Å². The quantitative estimate of drug-likeness (QED) is 0.667. The molecular weight excluding hydrogens is 175 g/mol. The van der Waals surface area contributed by atoms with Crippen molar-refractivity contribution < 1.29 is 0 Å². The van der Waals surface area contributed by atoms with E-state index in [-0.39, 0.29) is 0 Å². The molecule has 0 saturated heterocycles. The van der Waals surface area contributed by atoms with Gasteiger partial charge in [-0.1, -0.05) is 6.92 Å². The Morgan fingerprint density at radius 3 is 2.23 bits per heavy atom. The first-order valence-corrected chi connectivity index (χ1v) is 6.19. The minimum Gasteiger partial charge on any atom is -0.386 e. The molecule has 0 aromatic heterocycles. The molecule has 0 rings (SSSR count). The molecule has 78 valence electrons. The van der Waals surface area contributed by atoms with Crippen molar-refractivity contribution in [1.82, 2.24) is 9.20 Å². The summed E-state index contributed by atoms with van der Waals surface area (Å²) in [6.07, 6.45) is 2.50. The second kappa shape index (κ2) is 6.03. The Morgan fingerprint density at radius 1 is 1.38 bits per heavy atom. The molecule has 0 amide bonds. The molecule has 0 heterocycles. The van der Waals surface area contributed by atoms with Gasteiger partial charge < -0.3 is 9.20 Å². The molecule has 0 aromatic rings. The highest BCUT2D eigenvalue weighted by Crippen LogP contribution is 2.11. The molecule has 3 heteroatoms. The van der Waals surface area contributed by atoms with Crippen molar-refractivity contribution in [2.75, 3.05) is 13.6 Å². The van der Waals surface area contributed by atoms with Gasteiger partial charge in [0.25, 0.3) is 0 Å². The van der Waals surface area contributed by atoms with Gasteiger partial charge in [0, 0.05) is 6.04 Å². The van der Waals surface area contributed by atoms with Gasteiger partial charge in [0.15, 0.2) is 0 Å². The van der Waals surface area contributed by atoms with E-state index < -0.39 is 0 Å². The summed E-state index contributed by atoms with van der Waals surface area (Å²) in [6.45, 7) is 10.4. The average Bonchev–Trinajstić information content (AvgIpc) is 2.04. The van der Waals surface area contributed by atoms with Gasteiger partial charge in [-0.3, -0.25) is 0 Å². The van der Waals surface area contributed by atoms with Gasteiger partial charge >= 0.3 is 16.5 Å². The van der Waals surface area contributed by atoms with Gasteiger partial charge in [-0.25, -0.2) is 0 Å². The van der Waals surface area contributed by atoms with Gasteiger partial charge in [0.1, 0.15) is 0 Å². The average molecular weight is 200 g/mol. The maximum absolute atomic E-state index is 3.35. The third kappa shape index (κ3) is 5.70. The molecule has 13 heavy (non-hydrogen) atoms. The third-order valence-electron chi connectivity index (χ3n) is 2.86. The van der Waals surface area contributed by atoms with Gasteiger partial charge in [-0.05, 0) is 52.7 Å². The lowest BCUT2D eigenvalue weighted by Crippen LogP contribution is -2.42. The van der Waals surface area contributed by atoms with Crippen LogP contribution in [0.3, 0.4) is 0 Å². The second-order valence-corrected chi connectivity index (χ2v) is 5.85. The Labute approximate surface area is 91.7 Å². The lowest BCUT2D eigenvalue weighted by atomic mass is 10.1. The molecule has 0 fully saturated rings. The molecular formula is C10H25AlN2. The molecule has 1 N–H and O–H groups in total. The number of nitrogens with one attached hydrogen (secondary N) is 1. The largest absolute Gasteiger partial charge is 0.386 e. The maximum Gasteiger partial charge on any atom is 0.322 e. The first-order valence-electron chi connectivity index (χ1n) is 5.30. The zero-order valence-corrected chi connectivity index (χ0v) is 12.1. The fourth-order valence-corrected chi connectivity index (χ4v) is 1.50. The van der Waals surface area contributed by atoms with E-state index in [1.807, 2.05) is 0 Å². The zero-order chi connectivity index (χ0) is 10.5. The Kier molecular flexibility index (Phi) is 6.24. The lowest BCUT2D eigenvalue weighted by Gasteiger charge is -2.34. The van der Waals surface area contributed by atoms with Crippen LogP contribution in [0, 0.1) is 0 Å². The van der Waals surface area contributed by atoms with Gasteiger partial charge in [0.05, 0.1) is 0 Å². The predicted octanol–water partition coefficient (Wildman–Crippen LogP) is 1.02. The Balaban J connectivity index is 3.75. The van der Waals surface area contributed by atoms with E-state index >= 15 is 0 Å². The summed E-state index contributed by atoms with van der Waals surface area (Å²) in [5.41, 5.74) is 0.359. The Morgan fingerprint density at radius 2 is 1.92 bits per heavy atom. The minimum absolute atomic E-state index is 0.359. The van der Waals surface area contributed by atoms with Crippen LogP contribution in [0.1, 0.15) is 40.5 Å². The lowest BCUT2D eigenvalue weighted by molar-refractivity contribution is 0.247. The molecule has 2 nitrogen and oxygen atoms in total. The summed E-state index contributed by atoms with van der Waals surface area (Å²) < 4.78 is 2.55. The van der Waals surface area contributed by atoms with Crippen LogP contribution in [-0.4, -0.2) is 45.6 Å². The van der Waals surface area contributed by atoms with E-state index in [0.29, 0.717) is 11.6 Å². The van der Waals surface area contributed by atoms with Crippen LogP contribution in [0.2, 0.25) is 0 Å². The minimum atomic E-state index is 0.359. The first kappa shape index (κ1) is 13.5. The second-order valence-electron chi connectivity index (χ2n) is 4.77. The third-order valence-corrected chi connectivity index (χ3v) is 4.65. The van der Waals surface area contributed by atoms with Crippen LogP contribution in [0.4, 0.5) is 0 Å². The summed E-state index contributed by atoms with van der Waals surface area (Å²) in [5.74, 6) is 0. The van der Waals surface area contributed by atoms with Gasteiger partial charge in [-0.2, -0.15) is 0 Å². The fraction of sp³-hybridized carbons (Fsp3) is 1.00. The molecule has 0 aliphatic heterocycles. The number of nitrogens with zero attached hydrogens (tertiary/aromatic N) is 1. The van der Waals surface area contributed by atoms with Crippen LogP contribution in [-0.2, 0) is 0 Å². The van der Waals surface area contributed by atoms with Crippen molar-refractivity contribution in [2.24, 2.45) is 0 Å². The van der Waals surface area contributed by atoms with E-state index in [4.69, 9.17) is 0 Å². The highest BCUT2D eigenvalue weighted by Gasteiger charge is 2.16. The monoisotopic (exact) mass is 200 g/mol. The number of hydrogen-bond acceptors (Lipinski definition) is 2. The highest BCUT2D eigenvalue weighted by atomic mass is 27.1. The highest BCUT2D eigenvalue weighted by molar-refractivity contribution is 6.04. The van der Waals surface area contributed by atoms with Crippen molar-refractivity contribution >= 4 is 16.5 Å². The maximum atomic E-state index is 3.35. The molecule has 0 aliphatic rings. The van der Waals surface area contributed by atoms with E-state index in [9.17, 15) is 0 Å². The summed E-state index contributed by atoms with van der Waals surface area (Å²) in [6, 6.07) is 0.693. The smallest absolute Gasteiger partial charge is 0.322 e. The van der Waals surface area contributed by atoms with Crippen molar-refractivity contribution in [3.05, 3.63) is 0 Å². The number of hydrogen-bond donors (Lipinski definition) is 1. The SMILES string of the molecule is CCC(CC[N]([AlH2])C(C)(C)C)NC. The standard InChI is InChI=1S/C10H23N2.Al.2H/c1-6-9(11-5)7-8-12-10(2,3)4;;;/h9,11H,6-8H2,1-5H3;;;/q-1;+1;;. The van der Waals surface area contributed by atoms with E-state index in [1.54, 1.807) is 0 Å². The summed E-state index contributed by atoms with van der Waals surface area (Å²) in [7, 11) is 2.06. The zero-order valence-electron chi connectivity index (χ0n) is 10.1.